The van der Waals surface area contributed by atoms with E-state index in [1.54, 1.807) is 12.3 Å². The minimum absolute atomic E-state index is 0.449. The van der Waals surface area contributed by atoms with Gasteiger partial charge in [0.15, 0.2) is 0 Å². The lowest BCUT2D eigenvalue weighted by molar-refractivity contribution is 0.426. The van der Waals surface area contributed by atoms with Gasteiger partial charge in [0.1, 0.15) is 5.82 Å². The molecule has 2 aromatic rings. The van der Waals surface area contributed by atoms with E-state index in [4.69, 9.17) is 10.3 Å². The molecule has 6 nitrogen and oxygen atoms in total. The maximum absolute atomic E-state index is 5.63. The van der Waals surface area contributed by atoms with Gasteiger partial charge in [-0.3, -0.25) is 0 Å². The first-order valence-electron chi connectivity index (χ1n) is 6.13. The van der Waals surface area contributed by atoms with Gasteiger partial charge in [0.25, 0.3) is 11.8 Å². The zero-order valence-corrected chi connectivity index (χ0v) is 10.0. The number of piperidine rings is 1. The van der Waals surface area contributed by atoms with Crippen molar-refractivity contribution in [2.24, 2.45) is 0 Å². The third-order valence-electron chi connectivity index (χ3n) is 3.08. The monoisotopic (exact) mass is 245 g/mol. The van der Waals surface area contributed by atoms with E-state index < -0.39 is 0 Å². The summed E-state index contributed by atoms with van der Waals surface area (Å²) in [7, 11) is 0. The average Bonchev–Trinajstić information content (AvgIpc) is 2.89. The van der Waals surface area contributed by atoms with Crippen LogP contribution in [-0.4, -0.2) is 28.2 Å². The molecule has 0 atom stereocenters. The maximum atomic E-state index is 5.63. The molecule has 0 bridgehead atoms. The van der Waals surface area contributed by atoms with Gasteiger partial charge in [-0.05, 0) is 36.6 Å². The Morgan fingerprint density at radius 1 is 1.22 bits per heavy atom. The number of nitrogens with two attached hydrogens (primary N) is 1. The Balaban J connectivity index is 1.84. The van der Waals surface area contributed by atoms with Crippen LogP contribution in [0.5, 0.6) is 0 Å². The zero-order chi connectivity index (χ0) is 12.4. The lowest BCUT2D eigenvalue weighted by Crippen LogP contribution is -2.30. The van der Waals surface area contributed by atoms with Crippen LogP contribution in [0.25, 0.3) is 11.5 Å². The summed E-state index contributed by atoms with van der Waals surface area (Å²) in [5, 5.41) is 4.02. The van der Waals surface area contributed by atoms with Crippen molar-refractivity contribution < 1.29 is 4.52 Å². The van der Waals surface area contributed by atoms with Crippen LogP contribution in [0.15, 0.2) is 22.9 Å². The van der Waals surface area contributed by atoms with Gasteiger partial charge in [-0.2, -0.15) is 4.98 Å². The molecule has 1 aliphatic rings. The average molecular weight is 245 g/mol. The Bertz CT molecular complexity index is 533. The van der Waals surface area contributed by atoms with Gasteiger partial charge in [-0.15, -0.1) is 0 Å². The van der Waals surface area contributed by atoms with Gasteiger partial charge in [0.2, 0.25) is 0 Å². The highest BCUT2D eigenvalue weighted by atomic mass is 16.5. The Kier molecular flexibility index (Phi) is 2.84. The van der Waals surface area contributed by atoms with Crippen LogP contribution >= 0.6 is 0 Å². The number of pyridine rings is 1. The van der Waals surface area contributed by atoms with Crippen LogP contribution in [0.4, 0.5) is 11.8 Å². The van der Waals surface area contributed by atoms with Gasteiger partial charge >= 0.3 is 0 Å². The van der Waals surface area contributed by atoms with Crippen molar-refractivity contribution in [3.8, 4) is 11.5 Å². The largest absolute Gasteiger partial charge is 0.384 e. The Morgan fingerprint density at radius 3 is 2.83 bits per heavy atom. The van der Waals surface area contributed by atoms with Crippen LogP contribution in [-0.2, 0) is 0 Å². The molecule has 18 heavy (non-hydrogen) atoms. The van der Waals surface area contributed by atoms with Gasteiger partial charge in [-0.1, -0.05) is 0 Å². The van der Waals surface area contributed by atoms with Crippen molar-refractivity contribution in [1.82, 2.24) is 15.1 Å². The fraction of sp³-hybridized carbons (Fsp3) is 0.417. The van der Waals surface area contributed by atoms with Crippen LogP contribution < -0.4 is 10.6 Å². The fourth-order valence-corrected chi connectivity index (χ4v) is 2.14. The minimum atomic E-state index is 0.449. The number of nitrogen functional groups attached to an aromatic ring is 1. The number of nitrogens with zero attached hydrogens (tertiary/aromatic N) is 4. The number of hydrogen-bond donors (Lipinski definition) is 1. The van der Waals surface area contributed by atoms with E-state index in [9.17, 15) is 0 Å². The fourth-order valence-electron chi connectivity index (χ4n) is 2.14. The van der Waals surface area contributed by atoms with Crippen LogP contribution in [0.2, 0.25) is 0 Å². The molecule has 0 unspecified atom stereocenters. The molecule has 0 amide bonds. The molecule has 1 fully saturated rings. The minimum Gasteiger partial charge on any atom is -0.384 e. The summed E-state index contributed by atoms with van der Waals surface area (Å²) in [5.74, 6) is 1.61. The molecule has 3 heterocycles. The third kappa shape index (κ3) is 2.13. The van der Waals surface area contributed by atoms with E-state index >= 15 is 0 Å². The molecule has 1 aliphatic heterocycles. The second-order valence-electron chi connectivity index (χ2n) is 4.42. The molecule has 0 radical (unpaired) electrons. The standard InChI is InChI=1S/C12H15N5O/c13-10-8-9(4-5-14-10)11-15-12(16-18-11)17-6-2-1-3-7-17/h4-5,8H,1-3,6-7H2,(H2,13,14). The second-order valence-corrected chi connectivity index (χ2v) is 4.42. The Labute approximate surface area is 105 Å². The second kappa shape index (κ2) is 4.64. The van der Waals surface area contributed by atoms with Crippen molar-refractivity contribution in [3.63, 3.8) is 0 Å². The normalized spacial score (nSPS) is 15.9. The molecule has 1 saturated heterocycles. The van der Waals surface area contributed by atoms with Crippen molar-refractivity contribution in [2.45, 2.75) is 19.3 Å². The SMILES string of the molecule is Nc1cc(-c2nc(N3CCCCC3)no2)ccn1. The lowest BCUT2D eigenvalue weighted by Gasteiger charge is -2.24. The van der Waals surface area contributed by atoms with Crippen molar-refractivity contribution in [3.05, 3.63) is 18.3 Å². The van der Waals surface area contributed by atoms with E-state index in [0.29, 0.717) is 17.7 Å². The van der Waals surface area contributed by atoms with E-state index in [1.165, 1.54) is 19.3 Å². The smallest absolute Gasteiger partial charge is 0.266 e. The molecule has 0 aromatic carbocycles. The summed E-state index contributed by atoms with van der Waals surface area (Å²) in [6, 6.07) is 3.54. The van der Waals surface area contributed by atoms with E-state index in [1.807, 2.05) is 6.07 Å². The molecule has 94 valence electrons. The van der Waals surface area contributed by atoms with E-state index in [2.05, 4.69) is 20.0 Å². The van der Waals surface area contributed by atoms with Crippen molar-refractivity contribution in [2.75, 3.05) is 23.7 Å². The highest BCUT2D eigenvalue weighted by molar-refractivity contribution is 5.57. The zero-order valence-electron chi connectivity index (χ0n) is 10.0. The van der Waals surface area contributed by atoms with Crippen LogP contribution in [0.1, 0.15) is 19.3 Å². The maximum Gasteiger partial charge on any atom is 0.266 e. The molecule has 3 rings (SSSR count). The van der Waals surface area contributed by atoms with Crippen LogP contribution in [0.3, 0.4) is 0 Å². The van der Waals surface area contributed by atoms with Crippen molar-refractivity contribution in [1.29, 1.82) is 0 Å². The Hall–Kier alpha value is -2.11. The van der Waals surface area contributed by atoms with Crippen molar-refractivity contribution >= 4 is 11.8 Å². The summed E-state index contributed by atoms with van der Waals surface area (Å²) in [5.41, 5.74) is 6.44. The summed E-state index contributed by atoms with van der Waals surface area (Å²) >= 11 is 0. The lowest BCUT2D eigenvalue weighted by atomic mass is 10.1. The number of aromatic nitrogens is 3. The van der Waals surface area contributed by atoms with Crippen LogP contribution in [0, 0.1) is 0 Å². The van der Waals surface area contributed by atoms with Gasteiger partial charge in [0.05, 0.1) is 0 Å². The predicted molar refractivity (Wildman–Crippen MR) is 68.0 cm³/mol. The molecule has 2 N–H and O–H groups in total. The number of hydrogen-bond acceptors (Lipinski definition) is 6. The summed E-state index contributed by atoms with van der Waals surface area (Å²) in [4.78, 5) is 10.5. The molecule has 6 heteroatoms. The number of rotatable bonds is 2. The van der Waals surface area contributed by atoms with Gasteiger partial charge < -0.3 is 15.2 Å². The first-order valence-corrected chi connectivity index (χ1v) is 6.13. The molecule has 2 aromatic heterocycles. The molecular formula is C12H15N5O. The highest BCUT2D eigenvalue weighted by Gasteiger charge is 2.17. The first-order chi connectivity index (χ1) is 8.83. The third-order valence-corrected chi connectivity index (χ3v) is 3.08. The summed E-state index contributed by atoms with van der Waals surface area (Å²) in [6.07, 6.45) is 5.29. The first kappa shape index (κ1) is 11.0. The number of anilines is 2. The van der Waals surface area contributed by atoms with E-state index in [0.717, 1.165) is 18.7 Å². The Morgan fingerprint density at radius 2 is 2.06 bits per heavy atom. The molecule has 0 saturated carbocycles. The topological polar surface area (TPSA) is 81.1 Å². The van der Waals surface area contributed by atoms with Gasteiger partial charge in [-0.25, -0.2) is 4.98 Å². The van der Waals surface area contributed by atoms with Gasteiger partial charge in [0, 0.05) is 24.8 Å². The summed E-state index contributed by atoms with van der Waals surface area (Å²) < 4.78 is 5.27. The summed E-state index contributed by atoms with van der Waals surface area (Å²) in [6.45, 7) is 1.99. The molecular weight excluding hydrogens is 230 g/mol. The highest BCUT2D eigenvalue weighted by Crippen LogP contribution is 2.22. The molecule has 0 aliphatic carbocycles. The quantitative estimate of drug-likeness (QED) is 0.867. The van der Waals surface area contributed by atoms with E-state index in [-0.39, 0.29) is 0 Å². The molecule has 0 spiro atoms. The predicted octanol–water partition coefficient (Wildman–Crippen LogP) is 1.70.